The molecule has 0 N–H and O–H groups in total. The van der Waals surface area contributed by atoms with E-state index in [9.17, 15) is 0 Å². The summed E-state index contributed by atoms with van der Waals surface area (Å²) >= 11 is 0. The minimum atomic E-state index is 0.576. The lowest BCUT2D eigenvalue weighted by Gasteiger charge is -2.36. The lowest BCUT2D eigenvalue weighted by atomic mass is 9.91. The van der Waals surface area contributed by atoms with Gasteiger partial charge in [-0.25, -0.2) is 0 Å². The van der Waals surface area contributed by atoms with Crippen molar-refractivity contribution in [3.8, 4) is 17.2 Å². The van der Waals surface area contributed by atoms with Crippen LogP contribution in [0, 0.1) is 11.8 Å². The smallest absolute Gasteiger partial charge is 0.204 e. The number of benzene rings is 1. The van der Waals surface area contributed by atoms with E-state index in [1.807, 2.05) is 6.07 Å². The Morgan fingerprint density at radius 2 is 1.62 bits per heavy atom. The molecule has 130 valence electrons. The van der Waals surface area contributed by atoms with E-state index in [0.717, 1.165) is 29.7 Å². The van der Waals surface area contributed by atoms with E-state index < -0.39 is 0 Å². The summed E-state index contributed by atoms with van der Waals surface area (Å²) in [6.07, 6.45) is 2.96. The molecule has 0 radical (unpaired) electrons. The maximum atomic E-state index is 5.59. The molecule has 0 aliphatic carbocycles. The third kappa shape index (κ3) is 2.81. The van der Waals surface area contributed by atoms with Gasteiger partial charge in [0, 0.05) is 18.5 Å². The van der Waals surface area contributed by atoms with E-state index >= 15 is 0 Å². The van der Waals surface area contributed by atoms with E-state index in [2.05, 4.69) is 28.9 Å². The van der Waals surface area contributed by atoms with Crippen LogP contribution < -0.4 is 19.1 Å². The average Bonchev–Trinajstić information content (AvgIpc) is 2.58. The molecule has 3 rings (SSSR count). The summed E-state index contributed by atoms with van der Waals surface area (Å²) in [5, 5.41) is 10.5. The second kappa shape index (κ2) is 6.71. The third-order valence-corrected chi connectivity index (χ3v) is 4.62. The van der Waals surface area contributed by atoms with E-state index in [0.29, 0.717) is 29.1 Å². The molecule has 0 bridgehead atoms. The van der Waals surface area contributed by atoms with Gasteiger partial charge in [-0.3, -0.25) is 0 Å². The van der Waals surface area contributed by atoms with Crippen LogP contribution >= 0.6 is 0 Å². The van der Waals surface area contributed by atoms with Crippen LogP contribution in [0.4, 0.5) is 5.82 Å². The summed E-state index contributed by atoms with van der Waals surface area (Å²) in [4.78, 5) is 2.32. The van der Waals surface area contributed by atoms with Crippen molar-refractivity contribution in [3.05, 3.63) is 12.3 Å². The van der Waals surface area contributed by atoms with Gasteiger partial charge >= 0.3 is 0 Å². The van der Waals surface area contributed by atoms with Crippen molar-refractivity contribution in [2.24, 2.45) is 11.8 Å². The molecular weight excluding hydrogens is 306 g/mol. The first-order valence-electron chi connectivity index (χ1n) is 8.28. The molecule has 1 saturated heterocycles. The monoisotopic (exact) mass is 331 g/mol. The zero-order chi connectivity index (χ0) is 17.3. The molecule has 0 spiro atoms. The van der Waals surface area contributed by atoms with E-state index in [4.69, 9.17) is 14.2 Å². The summed E-state index contributed by atoms with van der Waals surface area (Å²) in [5.41, 5.74) is 0. The van der Waals surface area contributed by atoms with Crippen molar-refractivity contribution in [3.63, 3.8) is 0 Å². The Kier molecular flexibility index (Phi) is 4.64. The van der Waals surface area contributed by atoms with Gasteiger partial charge < -0.3 is 19.1 Å². The zero-order valence-corrected chi connectivity index (χ0v) is 15.0. The highest BCUT2D eigenvalue weighted by molar-refractivity contribution is 5.99. The highest BCUT2D eigenvalue weighted by atomic mass is 16.5. The van der Waals surface area contributed by atoms with Crippen LogP contribution in [0.1, 0.15) is 20.3 Å². The Bertz CT molecular complexity index is 725. The SMILES string of the molecule is COc1cc2c(N3C[C@H](C)C[C@H](C)C3)nncc2c(OC)c1OC. The highest BCUT2D eigenvalue weighted by Gasteiger charge is 2.26. The Morgan fingerprint density at radius 1 is 0.958 bits per heavy atom. The van der Waals surface area contributed by atoms with Crippen LogP contribution in [-0.4, -0.2) is 44.6 Å². The molecule has 1 fully saturated rings. The van der Waals surface area contributed by atoms with Crippen molar-refractivity contribution >= 4 is 16.6 Å². The molecule has 1 aliphatic rings. The quantitative estimate of drug-likeness (QED) is 0.858. The van der Waals surface area contributed by atoms with Crippen LogP contribution in [0.15, 0.2) is 12.3 Å². The second-order valence-corrected chi connectivity index (χ2v) is 6.63. The van der Waals surface area contributed by atoms with Crippen molar-refractivity contribution in [2.45, 2.75) is 20.3 Å². The molecule has 2 atom stereocenters. The fourth-order valence-corrected chi connectivity index (χ4v) is 3.76. The Hall–Kier alpha value is -2.24. The molecule has 2 aromatic rings. The van der Waals surface area contributed by atoms with Gasteiger partial charge in [0.1, 0.15) is 0 Å². The van der Waals surface area contributed by atoms with Gasteiger partial charge in [0.25, 0.3) is 0 Å². The number of hydrogen-bond acceptors (Lipinski definition) is 6. The number of nitrogens with zero attached hydrogens (tertiary/aromatic N) is 3. The summed E-state index contributed by atoms with van der Waals surface area (Å²) in [6.45, 7) is 6.53. The van der Waals surface area contributed by atoms with Crippen LogP contribution in [0.2, 0.25) is 0 Å². The first-order chi connectivity index (χ1) is 11.6. The molecule has 0 saturated carbocycles. The zero-order valence-electron chi connectivity index (χ0n) is 15.0. The Labute approximate surface area is 142 Å². The van der Waals surface area contributed by atoms with Crippen LogP contribution in [0.5, 0.6) is 17.2 Å². The van der Waals surface area contributed by atoms with Crippen molar-refractivity contribution in [1.29, 1.82) is 0 Å². The van der Waals surface area contributed by atoms with Gasteiger partial charge in [0.2, 0.25) is 5.75 Å². The lowest BCUT2D eigenvalue weighted by Crippen LogP contribution is -2.39. The third-order valence-electron chi connectivity index (χ3n) is 4.62. The number of rotatable bonds is 4. The lowest BCUT2D eigenvalue weighted by molar-refractivity contribution is 0.327. The minimum Gasteiger partial charge on any atom is -0.493 e. The van der Waals surface area contributed by atoms with Crippen LogP contribution in [0.3, 0.4) is 0 Å². The largest absolute Gasteiger partial charge is 0.493 e. The molecule has 24 heavy (non-hydrogen) atoms. The summed E-state index contributed by atoms with van der Waals surface area (Å²) in [5.74, 6) is 3.98. The molecule has 1 aliphatic heterocycles. The second-order valence-electron chi connectivity index (χ2n) is 6.63. The van der Waals surface area contributed by atoms with Gasteiger partial charge in [-0.1, -0.05) is 13.8 Å². The number of fused-ring (bicyclic) bond motifs is 1. The molecule has 1 aromatic carbocycles. The van der Waals surface area contributed by atoms with E-state index in [1.54, 1.807) is 27.5 Å². The number of aromatic nitrogens is 2. The van der Waals surface area contributed by atoms with Crippen molar-refractivity contribution in [2.75, 3.05) is 39.3 Å². The van der Waals surface area contributed by atoms with Gasteiger partial charge in [0.15, 0.2) is 17.3 Å². The topological polar surface area (TPSA) is 56.7 Å². The summed E-state index contributed by atoms with van der Waals surface area (Å²) in [7, 11) is 4.86. The fourth-order valence-electron chi connectivity index (χ4n) is 3.76. The molecular formula is C18H25N3O3. The predicted octanol–water partition coefficient (Wildman–Crippen LogP) is 3.14. The number of methoxy groups -OCH3 is 3. The first kappa shape index (κ1) is 16.6. The number of anilines is 1. The standard InChI is InChI=1S/C18H25N3O3/c1-11-6-12(2)10-21(9-11)18-13-7-15(22-3)17(24-5)16(23-4)14(13)8-19-20-18/h7-8,11-12H,6,9-10H2,1-5H3/t11-,12+. The Morgan fingerprint density at radius 3 is 2.21 bits per heavy atom. The normalized spacial score (nSPS) is 21.0. The fraction of sp³-hybridized carbons (Fsp3) is 0.556. The van der Waals surface area contributed by atoms with Crippen molar-refractivity contribution < 1.29 is 14.2 Å². The first-order valence-corrected chi connectivity index (χ1v) is 8.28. The molecule has 1 aromatic heterocycles. The van der Waals surface area contributed by atoms with Gasteiger partial charge in [-0.05, 0) is 24.3 Å². The Balaban J connectivity index is 2.19. The van der Waals surface area contributed by atoms with Gasteiger partial charge in [-0.2, -0.15) is 5.10 Å². The maximum absolute atomic E-state index is 5.59. The maximum Gasteiger partial charge on any atom is 0.204 e. The summed E-state index contributed by atoms with van der Waals surface area (Å²) in [6, 6.07) is 1.96. The van der Waals surface area contributed by atoms with Crippen LogP contribution in [0.25, 0.3) is 10.8 Å². The highest BCUT2D eigenvalue weighted by Crippen LogP contribution is 2.45. The number of hydrogen-bond donors (Lipinski definition) is 0. The summed E-state index contributed by atoms with van der Waals surface area (Å²) < 4.78 is 16.6. The number of ether oxygens (including phenoxy) is 3. The number of piperidine rings is 1. The average molecular weight is 331 g/mol. The minimum absolute atomic E-state index is 0.576. The molecule has 0 unspecified atom stereocenters. The molecule has 6 heteroatoms. The molecule has 2 heterocycles. The van der Waals surface area contributed by atoms with Gasteiger partial charge in [-0.15, -0.1) is 5.10 Å². The predicted molar refractivity (Wildman–Crippen MR) is 94.4 cm³/mol. The van der Waals surface area contributed by atoms with Crippen molar-refractivity contribution in [1.82, 2.24) is 10.2 Å². The van der Waals surface area contributed by atoms with E-state index in [-0.39, 0.29) is 0 Å². The van der Waals surface area contributed by atoms with Gasteiger partial charge in [0.05, 0.1) is 32.9 Å². The molecule has 6 nitrogen and oxygen atoms in total. The van der Waals surface area contributed by atoms with E-state index in [1.165, 1.54) is 6.42 Å². The molecule has 0 amide bonds. The van der Waals surface area contributed by atoms with Crippen LogP contribution in [-0.2, 0) is 0 Å².